The average Bonchev–Trinajstić information content (AvgIpc) is 2.88. The van der Waals surface area contributed by atoms with Crippen LogP contribution < -0.4 is 10.1 Å². The number of hydrogen-bond donors (Lipinski definition) is 2. The molecule has 1 N–H and O–H groups in total. The zero-order chi connectivity index (χ0) is 17.9. The third-order valence-electron chi connectivity index (χ3n) is 3.63. The van der Waals surface area contributed by atoms with Gasteiger partial charge in [0.2, 0.25) is 4.87 Å². The van der Waals surface area contributed by atoms with Gasteiger partial charge in [0, 0.05) is 12.1 Å². The van der Waals surface area contributed by atoms with Crippen molar-refractivity contribution in [2.45, 2.75) is 11.4 Å². The SMILES string of the molecule is COC(=O)NC(S)(CN1Cc2ccc(OC)cc2C1=O)C(=O)OC. The summed E-state index contributed by atoms with van der Waals surface area (Å²) in [7, 11) is 3.83. The van der Waals surface area contributed by atoms with E-state index in [0.29, 0.717) is 11.3 Å². The molecule has 1 aliphatic heterocycles. The molecule has 1 aliphatic rings. The number of rotatable bonds is 5. The number of thiol groups is 1. The van der Waals surface area contributed by atoms with E-state index in [2.05, 4.69) is 27.4 Å². The van der Waals surface area contributed by atoms with E-state index < -0.39 is 16.9 Å². The highest BCUT2D eigenvalue weighted by Crippen LogP contribution is 2.29. The molecule has 0 saturated carbocycles. The van der Waals surface area contributed by atoms with Crippen LogP contribution in [0.4, 0.5) is 4.79 Å². The zero-order valence-electron chi connectivity index (χ0n) is 13.5. The Kier molecular flexibility index (Phi) is 5.23. The molecule has 0 fully saturated rings. The molecule has 0 aromatic heterocycles. The summed E-state index contributed by atoms with van der Waals surface area (Å²) in [5, 5.41) is 2.30. The summed E-state index contributed by atoms with van der Waals surface area (Å²) in [5.41, 5.74) is 1.27. The molecule has 2 rings (SSSR count). The van der Waals surface area contributed by atoms with Gasteiger partial charge in [-0.05, 0) is 17.7 Å². The number of hydrogen-bond acceptors (Lipinski definition) is 7. The van der Waals surface area contributed by atoms with Crippen molar-refractivity contribution >= 4 is 30.6 Å². The van der Waals surface area contributed by atoms with Crippen LogP contribution in [0.3, 0.4) is 0 Å². The number of methoxy groups -OCH3 is 3. The van der Waals surface area contributed by atoms with Crippen molar-refractivity contribution in [3.8, 4) is 5.75 Å². The molecule has 0 aliphatic carbocycles. The van der Waals surface area contributed by atoms with Crippen LogP contribution in [-0.2, 0) is 20.8 Å². The molecule has 0 spiro atoms. The van der Waals surface area contributed by atoms with Crippen molar-refractivity contribution in [2.24, 2.45) is 0 Å². The van der Waals surface area contributed by atoms with Gasteiger partial charge >= 0.3 is 12.1 Å². The van der Waals surface area contributed by atoms with Gasteiger partial charge in [-0.25, -0.2) is 9.59 Å². The molecule has 0 radical (unpaired) electrons. The first-order valence-corrected chi connectivity index (χ1v) is 7.42. The van der Waals surface area contributed by atoms with E-state index in [0.717, 1.165) is 19.8 Å². The number of fused-ring (bicyclic) bond motifs is 1. The Morgan fingerprint density at radius 2 is 2.00 bits per heavy atom. The van der Waals surface area contributed by atoms with Crippen LogP contribution in [0.15, 0.2) is 18.2 Å². The fourth-order valence-corrected chi connectivity index (χ4v) is 2.77. The molecule has 9 heteroatoms. The van der Waals surface area contributed by atoms with Gasteiger partial charge < -0.3 is 19.1 Å². The van der Waals surface area contributed by atoms with E-state index in [9.17, 15) is 14.4 Å². The highest BCUT2D eigenvalue weighted by molar-refractivity contribution is 7.82. The molecular weight excluding hydrogens is 336 g/mol. The Morgan fingerprint density at radius 1 is 1.29 bits per heavy atom. The fraction of sp³-hybridized carbons (Fsp3) is 0.400. The van der Waals surface area contributed by atoms with E-state index in [4.69, 9.17) is 4.74 Å². The van der Waals surface area contributed by atoms with E-state index in [-0.39, 0.29) is 19.0 Å². The molecule has 130 valence electrons. The molecule has 1 unspecified atom stereocenters. The van der Waals surface area contributed by atoms with Gasteiger partial charge in [0.25, 0.3) is 5.91 Å². The summed E-state index contributed by atoms with van der Waals surface area (Å²) in [4.78, 5) is 35.7. The number of esters is 1. The number of carbonyl (C=O) groups excluding carboxylic acids is 3. The van der Waals surface area contributed by atoms with Crippen LogP contribution in [0.1, 0.15) is 15.9 Å². The lowest BCUT2D eigenvalue weighted by atomic mass is 10.1. The smallest absolute Gasteiger partial charge is 0.408 e. The lowest BCUT2D eigenvalue weighted by Crippen LogP contribution is -2.57. The molecule has 8 nitrogen and oxygen atoms in total. The summed E-state index contributed by atoms with van der Waals surface area (Å²) in [6.45, 7) is 0.0913. The monoisotopic (exact) mass is 354 g/mol. The van der Waals surface area contributed by atoms with Crippen LogP contribution in [0.25, 0.3) is 0 Å². The Balaban J connectivity index is 2.23. The summed E-state index contributed by atoms with van der Waals surface area (Å²) in [6, 6.07) is 5.15. The van der Waals surface area contributed by atoms with E-state index in [1.807, 2.05) is 0 Å². The zero-order valence-corrected chi connectivity index (χ0v) is 14.4. The summed E-state index contributed by atoms with van der Waals surface area (Å²) >= 11 is 4.22. The minimum Gasteiger partial charge on any atom is -0.497 e. The summed E-state index contributed by atoms with van der Waals surface area (Å²) < 4.78 is 14.3. The molecule has 2 amide bonds. The van der Waals surface area contributed by atoms with Gasteiger partial charge in [0.15, 0.2) is 0 Å². The van der Waals surface area contributed by atoms with Crippen molar-refractivity contribution in [1.82, 2.24) is 10.2 Å². The number of benzene rings is 1. The third-order valence-corrected chi connectivity index (χ3v) is 4.07. The van der Waals surface area contributed by atoms with Crippen LogP contribution in [-0.4, -0.2) is 55.6 Å². The lowest BCUT2D eigenvalue weighted by molar-refractivity contribution is -0.144. The van der Waals surface area contributed by atoms with Crippen LogP contribution >= 0.6 is 12.6 Å². The van der Waals surface area contributed by atoms with E-state index in [1.165, 1.54) is 12.0 Å². The van der Waals surface area contributed by atoms with Gasteiger partial charge in [-0.15, -0.1) is 12.6 Å². The minimum atomic E-state index is -1.73. The first-order valence-electron chi connectivity index (χ1n) is 6.97. The van der Waals surface area contributed by atoms with Crippen molar-refractivity contribution in [3.05, 3.63) is 29.3 Å². The highest BCUT2D eigenvalue weighted by atomic mass is 32.1. The molecule has 0 bridgehead atoms. The van der Waals surface area contributed by atoms with E-state index >= 15 is 0 Å². The van der Waals surface area contributed by atoms with Crippen molar-refractivity contribution < 1.29 is 28.6 Å². The van der Waals surface area contributed by atoms with E-state index in [1.54, 1.807) is 18.2 Å². The molecule has 1 aromatic carbocycles. The number of alkyl carbamates (subject to hydrolysis) is 1. The number of nitrogens with zero attached hydrogens (tertiary/aromatic N) is 1. The maximum atomic E-state index is 12.5. The van der Waals surface area contributed by atoms with Crippen molar-refractivity contribution in [1.29, 1.82) is 0 Å². The van der Waals surface area contributed by atoms with Gasteiger partial charge in [0.05, 0.1) is 27.9 Å². The second-order valence-electron chi connectivity index (χ2n) is 5.15. The Labute approximate surface area is 144 Å². The van der Waals surface area contributed by atoms with Crippen molar-refractivity contribution in [2.75, 3.05) is 27.9 Å². The fourth-order valence-electron chi connectivity index (χ4n) is 2.42. The molecule has 24 heavy (non-hydrogen) atoms. The normalized spacial score (nSPS) is 15.3. The van der Waals surface area contributed by atoms with Gasteiger partial charge in [-0.1, -0.05) is 6.07 Å². The minimum absolute atomic E-state index is 0.187. The maximum absolute atomic E-state index is 12.5. The Hall–Kier alpha value is -2.42. The predicted molar refractivity (Wildman–Crippen MR) is 87.0 cm³/mol. The third kappa shape index (κ3) is 3.40. The standard InChI is InChI=1S/C15H18N2O6S/c1-21-10-5-4-9-7-17(12(18)11(9)6-10)8-15(24,13(19)22-2)16-14(20)23-3/h4-6,24H,7-8H2,1-3H3,(H,16,20). The topological polar surface area (TPSA) is 94.2 Å². The second kappa shape index (κ2) is 7.00. The molecule has 1 heterocycles. The summed E-state index contributed by atoms with van der Waals surface area (Å²) in [6.07, 6.45) is -0.860. The highest BCUT2D eigenvalue weighted by Gasteiger charge is 2.43. The van der Waals surface area contributed by atoms with Gasteiger partial charge in [-0.3, -0.25) is 10.1 Å². The summed E-state index contributed by atoms with van der Waals surface area (Å²) in [5.74, 6) is -0.544. The Bertz CT molecular complexity index is 680. The maximum Gasteiger partial charge on any atom is 0.408 e. The number of nitrogens with one attached hydrogen (secondary N) is 1. The first-order chi connectivity index (χ1) is 11.3. The second-order valence-corrected chi connectivity index (χ2v) is 5.92. The van der Waals surface area contributed by atoms with Gasteiger partial charge in [0.1, 0.15) is 5.75 Å². The number of carbonyl (C=O) groups is 3. The molecule has 0 saturated heterocycles. The average molecular weight is 354 g/mol. The molecule has 1 aromatic rings. The van der Waals surface area contributed by atoms with Gasteiger partial charge in [-0.2, -0.15) is 0 Å². The van der Waals surface area contributed by atoms with Crippen LogP contribution in [0.2, 0.25) is 0 Å². The Morgan fingerprint density at radius 3 is 2.58 bits per heavy atom. The van der Waals surface area contributed by atoms with Crippen LogP contribution in [0, 0.1) is 0 Å². The predicted octanol–water partition coefficient (Wildman–Crippen LogP) is 0.806. The molecule has 1 atom stereocenters. The van der Waals surface area contributed by atoms with Crippen molar-refractivity contribution in [3.63, 3.8) is 0 Å². The number of amides is 2. The number of ether oxygens (including phenoxy) is 3. The molecular formula is C15H18N2O6S. The first kappa shape index (κ1) is 17.9. The lowest BCUT2D eigenvalue weighted by Gasteiger charge is -2.30. The van der Waals surface area contributed by atoms with Crippen LogP contribution in [0.5, 0.6) is 5.75 Å². The largest absolute Gasteiger partial charge is 0.497 e. The quantitative estimate of drug-likeness (QED) is 0.462.